The molecule has 0 aliphatic heterocycles. The lowest BCUT2D eigenvalue weighted by Gasteiger charge is -2.18. The number of hydrogen-bond donors (Lipinski definition) is 2. The number of aromatic nitrogens is 2. The Morgan fingerprint density at radius 2 is 2.12 bits per heavy atom. The van der Waals surface area contributed by atoms with E-state index in [4.69, 9.17) is 0 Å². The maximum Gasteiger partial charge on any atom is 0.270 e. The Bertz CT molecular complexity index is 831. The summed E-state index contributed by atoms with van der Waals surface area (Å²) in [4.78, 5) is 30.9. The molecule has 1 aliphatic carbocycles. The van der Waals surface area contributed by atoms with Crippen LogP contribution in [0.15, 0.2) is 29.1 Å². The van der Waals surface area contributed by atoms with Gasteiger partial charge in [0, 0.05) is 17.5 Å². The minimum absolute atomic E-state index is 0.0177. The SMILES string of the molecule is CCC(NC(=O)c1cc(=O)[nH]c(C2CC2)n1)c1cc(F)ccc1F. The van der Waals surface area contributed by atoms with E-state index in [0.717, 1.165) is 37.1 Å². The van der Waals surface area contributed by atoms with Gasteiger partial charge in [0.05, 0.1) is 6.04 Å². The number of benzene rings is 1. The van der Waals surface area contributed by atoms with Crippen LogP contribution in [-0.2, 0) is 0 Å². The second kappa shape index (κ2) is 6.51. The highest BCUT2D eigenvalue weighted by atomic mass is 19.1. The average molecular weight is 333 g/mol. The second-order valence-corrected chi connectivity index (χ2v) is 5.89. The summed E-state index contributed by atoms with van der Waals surface area (Å²) in [5.41, 5.74) is -0.351. The molecule has 1 heterocycles. The standard InChI is InChI=1S/C17H17F2N3O2/c1-2-13(11-7-10(18)5-6-12(11)19)21-17(24)14-8-15(23)22-16(20-14)9-3-4-9/h5-9,13H,2-4H2,1H3,(H,21,24)(H,20,22,23). The van der Waals surface area contributed by atoms with Crippen molar-refractivity contribution in [1.82, 2.24) is 15.3 Å². The number of halogens is 2. The molecule has 1 fully saturated rings. The van der Waals surface area contributed by atoms with Crippen molar-refractivity contribution in [3.63, 3.8) is 0 Å². The summed E-state index contributed by atoms with van der Waals surface area (Å²) in [6, 6.07) is 3.50. The molecule has 0 spiro atoms. The van der Waals surface area contributed by atoms with Crippen molar-refractivity contribution in [3.8, 4) is 0 Å². The Hall–Kier alpha value is -2.57. The van der Waals surface area contributed by atoms with E-state index < -0.39 is 29.1 Å². The Morgan fingerprint density at radius 1 is 1.38 bits per heavy atom. The monoisotopic (exact) mass is 333 g/mol. The van der Waals surface area contributed by atoms with Crippen LogP contribution in [0.25, 0.3) is 0 Å². The predicted molar refractivity (Wildman–Crippen MR) is 83.7 cm³/mol. The zero-order valence-corrected chi connectivity index (χ0v) is 13.1. The van der Waals surface area contributed by atoms with Gasteiger partial charge in [0.15, 0.2) is 0 Å². The summed E-state index contributed by atoms with van der Waals surface area (Å²) in [5.74, 6) is -1.07. The van der Waals surface area contributed by atoms with Crippen LogP contribution in [-0.4, -0.2) is 15.9 Å². The van der Waals surface area contributed by atoms with Crippen LogP contribution in [0.1, 0.15) is 60.0 Å². The van der Waals surface area contributed by atoms with Crippen LogP contribution < -0.4 is 10.9 Å². The lowest BCUT2D eigenvalue weighted by molar-refractivity contribution is 0.0929. The molecule has 1 aromatic carbocycles. The third-order valence-corrected chi connectivity index (χ3v) is 4.00. The molecule has 7 heteroatoms. The lowest BCUT2D eigenvalue weighted by atomic mass is 10.0. The fourth-order valence-corrected chi connectivity index (χ4v) is 2.56. The highest BCUT2D eigenvalue weighted by molar-refractivity contribution is 5.92. The smallest absolute Gasteiger partial charge is 0.270 e. The Morgan fingerprint density at radius 3 is 2.79 bits per heavy atom. The number of rotatable bonds is 5. The molecule has 0 saturated heterocycles. The van der Waals surface area contributed by atoms with Gasteiger partial charge >= 0.3 is 0 Å². The number of hydrogen-bond acceptors (Lipinski definition) is 3. The zero-order chi connectivity index (χ0) is 17.3. The van der Waals surface area contributed by atoms with E-state index in [-0.39, 0.29) is 17.2 Å². The predicted octanol–water partition coefficient (Wildman–Crippen LogP) is 2.81. The van der Waals surface area contributed by atoms with Crippen LogP contribution in [0.4, 0.5) is 8.78 Å². The molecule has 2 N–H and O–H groups in total. The van der Waals surface area contributed by atoms with E-state index in [1.807, 2.05) is 0 Å². The highest BCUT2D eigenvalue weighted by Gasteiger charge is 2.27. The highest BCUT2D eigenvalue weighted by Crippen LogP contribution is 2.37. The molecule has 24 heavy (non-hydrogen) atoms. The number of amides is 1. The van der Waals surface area contributed by atoms with Gasteiger partial charge in [-0.25, -0.2) is 13.8 Å². The number of nitrogens with one attached hydrogen (secondary N) is 2. The third-order valence-electron chi connectivity index (χ3n) is 4.00. The van der Waals surface area contributed by atoms with Gasteiger partial charge in [-0.15, -0.1) is 0 Å². The number of carbonyl (C=O) groups excluding carboxylic acids is 1. The van der Waals surface area contributed by atoms with E-state index in [1.54, 1.807) is 6.92 Å². The molecule has 126 valence electrons. The first-order valence-corrected chi connectivity index (χ1v) is 7.85. The lowest BCUT2D eigenvalue weighted by Crippen LogP contribution is -2.31. The summed E-state index contributed by atoms with van der Waals surface area (Å²) < 4.78 is 27.3. The molecule has 0 bridgehead atoms. The van der Waals surface area contributed by atoms with E-state index >= 15 is 0 Å². The topological polar surface area (TPSA) is 74.8 Å². The molecule has 1 aliphatic rings. The van der Waals surface area contributed by atoms with Crippen molar-refractivity contribution in [1.29, 1.82) is 0 Å². The Kier molecular flexibility index (Phi) is 4.42. The van der Waals surface area contributed by atoms with E-state index in [1.165, 1.54) is 0 Å². The van der Waals surface area contributed by atoms with Crippen molar-refractivity contribution in [2.75, 3.05) is 0 Å². The van der Waals surface area contributed by atoms with E-state index in [0.29, 0.717) is 12.2 Å². The molecule has 1 amide bonds. The molecular formula is C17H17F2N3O2. The molecule has 1 unspecified atom stereocenters. The van der Waals surface area contributed by atoms with Gasteiger partial charge in [0.1, 0.15) is 23.2 Å². The van der Waals surface area contributed by atoms with Gasteiger partial charge in [0.25, 0.3) is 11.5 Å². The van der Waals surface area contributed by atoms with Crippen molar-refractivity contribution in [3.05, 3.63) is 63.3 Å². The summed E-state index contributed by atoms with van der Waals surface area (Å²) in [5, 5.41) is 2.62. The van der Waals surface area contributed by atoms with Crippen LogP contribution in [0, 0.1) is 11.6 Å². The molecule has 5 nitrogen and oxygen atoms in total. The van der Waals surface area contributed by atoms with Crippen molar-refractivity contribution < 1.29 is 13.6 Å². The van der Waals surface area contributed by atoms with Crippen molar-refractivity contribution in [2.24, 2.45) is 0 Å². The Balaban J connectivity index is 1.84. The normalized spacial score (nSPS) is 15.1. The first-order valence-electron chi connectivity index (χ1n) is 7.85. The van der Waals surface area contributed by atoms with Crippen molar-refractivity contribution in [2.45, 2.75) is 38.1 Å². The third kappa shape index (κ3) is 3.50. The van der Waals surface area contributed by atoms with Gasteiger partial charge < -0.3 is 10.3 Å². The minimum atomic E-state index is -0.710. The first-order chi connectivity index (χ1) is 11.5. The summed E-state index contributed by atoms with van der Waals surface area (Å²) in [6.07, 6.45) is 2.23. The van der Waals surface area contributed by atoms with Crippen LogP contribution in [0.5, 0.6) is 0 Å². The zero-order valence-electron chi connectivity index (χ0n) is 13.1. The van der Waals surface area contributed by atoms with Crippen LogP contribution >= 0.6 is 0 Å². The van der Waals surface area contributed by atoms with Gasteiger partial charge in [-0.1, -0.05) is 6.92 Å². The summed E-state index contributed by atoms with van der Waals surface area (Å²) in [6.45, 7) is 1.75. The number of carbonyl (C=O) groups is 1. The molecular weight excluding hydrogens is 316 g/mol. The molecule has 2 aromatic rings. The number of H-pyrrole nitrogens is 1. The molecule has 1 atom stereocenters. The van der Waals surface area contributed by atoms with Crippen molar-refractivity contribution >= 4 is 5.91 Å². The molecule has 3 rings (SSSR count). The van der Waals surface area contributed by atoms with E-state index in [9.17, 15) is 18.4 Å². The van der Waals surface area contributed by atoms with E-state index in [2.05, 4.69) is 15.3 Å². The number of nitrogens with zero attached hydrogens (tertiary/aromatic N) is 1. The van der Waals surface area contributed by atoms with Crippen LogP contribution in [0.2, 0.25) is 0 Å². The van der Waals surface area contributed by atoms with Gasteiger partial charge in [-0.3, -0.25) is 9.59 Å². The Labute approximate surface area is 137 Å². The summed E-state index contributed by atoms with van der Waals surface area (Å²) in [7, 11) is 0. The summed E-state index contributed by atoms with van der Waals surface area (Å²) >= 11 is 0. The molecule has 0 radical (unpaired) electrons. The quantitative estimate of drug-likeness (QED) is 0.883. The number of aromatic amines is 1. The van der Waals surface area contributed by atoms with Gasteiger partial charge in [-0.05, 0) is 37.5 Å². The van der Waals surface area contributed by atoms with Gasteiger partial charge in [-0.2, -0.15) is 0 Å². The van der Waals surface area contributed by atoms with Crippen LogP contribution in [0.3, 0.4) is 0 Å². The minimum Gasteiger partial charge on any atom is -0.344 e. The molecule has 1 saturated carbocycles. The maximum absolute atomic E-state index is 13.9. The largest absolute Gasteiger partial charge is 0.344 e. The first kappa shape index (κ1) is 16.3. The van der Waals surface area contributed by atoms with Gasteiger partial charge in [0.2, 0.25) is 0 Å². The molecule has 1 aromatic heterocycles. The maximum atomic E-state index is 13.9. The fraction of sp³-hybridized carbons (Fsp3) is 0.353. The fourth-order valence-electron chi connectivity index (χ4n) is 2.56. The second-order valence-electron chi connectivity index (χ2n) is 5.89. The average Bonchev–Trinajstić information content (AvgIpc) is 3.39.